The zero-order valence-corrected chi connectivity index (χ0v) is 18.2. The van der Waals surface area contributed by atoms with Crippen LogP contribution in [0.1, 0.15) is 0 Å². The van der Waals surface area contributed by atoms with Gasteiger partial charge in [-0.3, -0.25) is 0 Å². The van der Waals surface area contributed by atoms with Crippen molar-refractivity contribution in [3.63, 3.8) is 0 Å². The normalized spacial score (nSPS) is 36.1. The van der Waals surface area contributed by atoms with Gasteiger partial charge in [-0.1, -0.05) is 0 Å². The summed E-state index contributed by atoms with van der Waals surface area (Å²) in [6.45, 7) is 0. The van der Waals surface area contributed by atoms with Gasteiger partial charge in [-0.05, 0) is 0 Å². The van der Waals surface area contributed by atoms with Crippen molar-refractivity contribution in [2.75, 3.05) is 23.0 Å². The molecule has 0 amide bonds. The van der Waals surface area contributed by atoms with Gasteiger partial charge in [0.25, 0.3) is 0 Å². The Balaban J connectivity index is 1.93. The van der Waals surface area contributed by atoms with E-state index in [-0.39, 0.29) is 22.0 Å². The van der Waals surface area contributed by atoms with E-state index in [0.29, 0.717) is 11.5 Å². The molecule has 13 heteroatoms. The summed E-state index contributed by atoms with van der Waals surface area (Å²) in [5.74, 6) is 0.588. The van der Waals surface area contributed by atoms with E-state index in [1.54, 1.807) is 33.2 Å². The van der Waals surface area contributed by atoms with Crippen LogP contribution in [0.5, 0.6) is 0 Å². The zero-order chi connectivity index (χ0) is 14.3. The van der Waals surface area contributed by atoms with Gasteiger partial charge in [0.2, 0.25) is 0 Å². The summed E-state index contributed by atoms with van der Waals surface area (Å²) in [7, 11) is -1.71. The average molecular weight is 578 g/mol. The second-order valence-electron chi connectivity index (χ2n) is 4.05. The fourth-order valence-corrected chi connectivity index (χ4v) is 87.0. The number of hydrogen-bond donors (Lipinski definition) is 0. The van der Waals surface area contributed by atoms with Crippen molar-refractivity contribution in [2.24, 2.45) is 0 Å². The molecule has 2 saturated heterocycles. The van der Waals surface area contributed by atoms with Gasteiger partial charge in [-0.25, -0.2) is 0 Å². The molecule has 0 aromatic carbocycles. The SMILES string of the molecule is O=S(=O)([O-])CC1C[S][Pb]2([S]CC(CS(=O)(=O)[O-])[S]2)[S]1. The fraction of sp³-hybridized carbons (Fsp3) is 1.00. The van der Waals surface area contributed by atoms with Crippen molar-refractivity contribution in [3.8, 4) is 0 Å². The Hall–Kier alpha value is 2.14. The molecule has 19 heavy (non-hydrogen) atoms. The zero-order valence-electron chi connectivity index (χ0n) is 9.38. The summed E-state index contributed by atoms with van der Waals surface area (Å²) in [4.78, 5) is 0. The van der Waals surface area contributed by atoms with Crippen molar-refractivity contribution < 1.29 is 25.9 Å². The van der Waals surface area contributed by atoms with E-state index in [1.807, 2.05) is 0 Å². The van der Waals surface area contributed by atoms with Crippen LogP contribution < -0.4 is 0 Å². The number of rotatable bonds is 4. The summed E-state index contributed by atoms with van der Waals surface area (Å²) in [5.41, 5.74) is 0. The molecule has 0 N–H and O–H groups in total. The van der Waals surface area contributed by atoms with E-state index in [2.05, 4.69) is 0 Å². The maximum atomic E-state index is 10.8. The Morgan fingerprint density at radius 3 is 1.58 bits per heavy atom. The van der Waals surface area contributed by atoms with Crippen LogP contribution in [0.15, 0.2) is 0 Å². The van der Waals surface area contributed by atoms with Gasteiger partial charge in [0.15, 0.2) is 0 Å². The molecule has 6 nitrogen and oxygen atoms in total. The quantitative estimate of drug-likeness (QED) is 0.339. The van der Waals surface area contributed by atoms with E-state index in [9.17, 15) is 25.9 Å². The Morgan fingerprint density at radius 1 is 0.895 bits per heavy atom. The van der Waals surface area contributed by atoms with E-state index in [0.717, 1.165) is 0 Å². The molecular formula is C6H10O6PbS6-2. The Morgan fingerprint density at radius 2 is 1.26 bits per heavy atom. The van der Waals surface area contributed by atoms with Gasteiger partial charge < -0.3 is 0 Å². The molecule has 2 atom stereocenters. The average Bonchev–Trinajstić information content (AvgIpc) is 2.70. The van der Waals surface area contributed by atoms with E-state index in [1.165, 1.54) is 0 Å². The van der Waals surface area contributed by atoms with Crippen LogP contribution >= 0.6 is 33.2 Å². The Bertz CT molecular complexity index is 495. The Labute approximate surface area is 126 Å². The van der Waals surface area contributed by atoms with Crippen LogP contribution in [0, 0.1) is 0 Å². The first kappa shape index (κ1) is 17.5. The molecule has 2 heterocycles. The van der Waals surface area contributed by atoms with E-state index in [4.69, 9.17) is 0 Å². The molecule has 2 rings (SSSR count). The van der Waals surface area contributed by atoms with E-state index >= 15 is 0 Å². The predicted molar refractivity (Wildman–Crippen MR) is 82.6 cm³/mol. The minimum absolute atomic E-state index is 0.170. The molecule has 2 fully saturated rings. The van der Waals surface area contributed by atoms with Crippen molar-refractivity contribution in [1.82, 2.24) is 0 Å². The summed E-state index contributed by atoms with van der Waals surface area (Å²) in [6.07, 6.45) is 0. The number of hydrogen-bond acceptors (Lipinski definition) is 10. The summed E-state index contributed by atoms with van der Waals surface area (Å²) < 4.78 is 64.5. The van der Waals surface area contributed by atoms with Crippen molar-refractivity contribution in [2.45, 2.75) is 10.5 Å². The van der Waals surface area contributed by atoms with Crippen molar-refractivity contribution in [3.05, 3.63) is 0 Å². The van der Waals surface area contributed by atoms with Crippen LogP contribution in [0.3, 0.4) is 0 Å². The van der Waals surface area contributed by atoms with Crippen molar-refractivity contribution in [1.29, 1.82) is 0 Å². The van der Waals surface area contributed by atoms with Crippen LogP contribution in [0.4, 0.5) is 0 Å². The van der Waals surface area contributed by atoms with Gasteiger partial charge in [-0.2, -0.15) is 0 Å². The van der Waals surface area contributed by atoms with Crippen molar-refractivity contribution >= 4 is 68.7 Å². The third-order valence-electron chi connectivity index (χ3n) is 2.29. The maximum absolute atomic E-state index is 10.8. The molecule has 112 valence electrons. The van der Waals surface area contributed by atoms with E-state index < -0.39 is 35.4 Å². The summed E-state index contributed by atoms with van der Waals surface area (Å²) in [6, 6.07) is 0. The Kier molecular flexibility index (Phi) is 5.83. The van der Waals surface area contributed by atoms with Gasteiger partial charge in [0, 0.05) is 0 Å². The molecule has 1 spiro atoms. The third-order valence-corrected chi connectivity index (χ3v) is 69.0. The second kappa shape index (κ2) is 6.33. The molecule has 0 bridgehead atoms. The van der Waals surface area contributed by atoms with Gasteiger partial charge in [-0.15, -0.1) is 0 Å². The van der Waals surface area contributed by atoms with Crippen LogP contribution in [-0.2, 0) is 20.2 Å². The first-order valence-corrected chi connectivity index (χ1v) is 31.0. The molecule has 0 aromatic heterocycles. The van der Waals surface area contributed by atoms with Crippen LogP contribution in [-0.4, -0.2) is 74.6 Å². The molecule has 2 aliphatic rings. The van der Waals surface area contributed by atoms with Gasteiger partial charge in [0.05, 0.1) is 0 Å². The fourth-order valence-electron chi connectivity index (χ4n) is 1.69. The topological polar surface area (TPSA) is 114 Å². The molecular weight excluding hydrogens is 568 g/mol. The standard InChI is InChI=1S/2C3H8O3S3.Pb/c2*4-9(5,6)2-3(8)1-7;/h2*3,7-8H,1-2H2,(H,4,5,6);/q;;+4/p-6. The first-order chi connectivity index (χ1) is 8.57. The van der Waals surface area contributed by atoms with Crippen LogP contribution in [0.25, 0.3) is 0 Å². The predicted octanol–water partition coefficient (Wildman–Crippen LogP) is 0.210. The molecule has 2 unspecified atom stereocenters. The monoisotopic (exact) mass is 578 g/mol. The molecule has 0 aromatic rings. The molecule has 0 radical (unpaired) electrons. The minimum atomic E-state index is -4.21. The third kappa shape index (κ3) is 5.69. The molecule has 0 aliphatic carbocycles. The second-order valence-corrected chi connectivity index (χ2v) is 61.2. The van der Waals surface area contributed by atoms with Crippen LogP contribution in [0.2, 0.25) is 0 Å². The van der Waals surface area contributed by atoms with Gasteiger partial charge in [0.1, 0.15) is 0 Å². The first-order valence-electron chi connectivity index (χ1n) is 5.08. The molecule has 0 saturated carbocycles. The summed E-state index contributed by atoms with van der Waals surface area (Å²) >= 11 is -2.87. The molecule has 2 aliphatic heterocycles. The van der Waals surface area contributed by atoms with Gasteiger partial charge >= 0.3 is 128 Å². The summed E-state index contributed by atoms with van der Waals surface area (Å²) in [5, 5.41) is -0.339.